The van der Waals surface area contributed by atoms with Gasteiger partial charge in [-0.1, -0.05) is 0 Å². The summed E-state index contributed by atoms with van der Waals surface area (Å²) in [6.45, 7) is 2.17. The minimum absolute atomic E-state index is 0.0116. The molecule has 1 saturated heterocycles. The van der Waals surface area contributed by atoms with Crippen molar-refractivity contribution < 1.29 is 27.0 Å². The minimum Gasteiger partial charge on any atom is -0.492 e. The van der Waals surface area contributed by atoms with Crippen LogP contribution in [0.15, 0.2) is 18.2 Å². The van der Waals surface area contributed by atoms with E-state index in [-0.39, 0.29) is 12.4 Å². The first-order valence-corrected chi connectivity index (χ1v) is 6.77. The molecule has 1 heterocycles. The zero-order chi connectivity index (χ0) is 15.3. The van der Waals surface area contributed by atoms with Crippen molar-refractivity contribution in [1.82, 2.24) is 5.32 Å². The molecule has 0 saturated carbocycles. The molecule has 0 amide bonds. The van der Waals surface area contributed by atoms with Crippen LogP contribution in [0.3, 0.4) is 0 Å². The van der Waals surface area contributed by atoms with E-state index in [1.165, 1.54) is 6.07 Å². The summed E-state index contributed by atoms with van der Waals surface area (Å²) in [4.78, 5) is 0. The Labute approximate surface area is 120 Å². The van der Waals surface area contributed by atoms with E-state index in [4.69, 9.17) is 9.47 Å². The molecule has 1 aliphatic heterocycles. The van der Waals surface area contributed by atoms with Gasteiger partial charge < -0.3 is 14.8 Å². The number of hydrogen-bond acceptors (Lipinski definition) is 3. The highest BCUT2D eigenvalue weighted by molar-refractivity contribution is 5.31. The Kier molecular flexibility index (Phi) is 5.41. The van der Waals surface area contributed by atoms with Gasteiger partial charge in [0.05, 0.1) is 5.56 Å². The number of benzene rings is 1. The molecule has 0 bridgehead atoms. The zero-order valence-corrected chi connectivity index (χ0v) is 11.4. The fraction of sp³-hybridized carbons (Fsp3) is 0.571. The SMILES string of the molecule is Fc1ccc(OCCNC2CCOCC2)cc1C(F)(F)F. The van der Waals surface area contributed by atoms with E-state index in [0.29, 0.717) is 31.9 Å². The van der Waals surface area contributed by atoms with E-state index in [9.17, 15) is 17.6 Å². The second-order valence-corrected chi connectivity index (χ2v) is 4.83. The van der Waals surface area contributed by atoms with E-state index < -0.39 is 17.6 Å². The second-order valence-electron chi connectivity index (χ2n) is 4.83. The smallest absolute Gasteiger partial charge is 0.419 e. The number of ether oxygens (including phenoxy) is 2. The number of halogens is 4. The number of hydrogen-bond donors (Lipinski definition) is 1. The zero-order valence-electron chi connectivity index (χ0n) is 11.4. The average Bonchev–Trinajstić information content (AvgIpc) is 2.45. The number of nitrogens with one attached hydrogen (secondary N) is 1. The molecule has 0 aromatic heterocycles. The van der Waals surface area contributed by atoms with E-state index in [1.54, 1.807) is 0 Å². The van der Waals surface area contributed by atoms with Gasteiger partial charge in [0.1, 0.15) is 18.2 Å². The summed E-state index contributed by atoms with van der Waals surface area (Å²) in [6.07, 6.45) is -2.90. The molecule has 21 heavy (non-hydrogen) atoms. The fourth-order valence-electron chi connectivity index (χ4n) is 2.15. The Balaban J connectivity index is 1.80. The van der Waals surface area contributed by atoms with Crippen molar-refractivity contribution >= 4 is 0 Å². The van der Waals surface area contributed by atoms with Gasteiger partial charge in [-0.05, 0) is 31.0 Å². The van der Waals surface area contributed by atoms with Crippen molar-refractivity contribution in [1.29, 1.82) is 0 Å². The molecule has 118 valence electrons. The molecule has 1 aromatic rings. The first kappa shape index (κ1) is 16.0. The van der Waals surface area contributed by atoms with E-state index in [2.05, 4.69) is 5.32 Å². The molecule has 0 atom stereocenters. The van der Waals surface area contributed by atoms with E-state index in [0.717, 1.165) is 18.9 Å². The minimum atomic E-state index is -4.72. The van der Waals surface area contributed by atoms with E-state index in [1.807, 2.05) is 0 Å². The van der Waals surface area contributed by atoms with Crippen molar-refractivity contribution in [3.63, 3.8) is 0 Å². The Bertz CT molecular complexity index is 459. The molecule has 1 aliphatic rings. The third-order valence-electron chi connectivity index (χ3n) is 3.27. The fourth-order valence-corrected chi connectivity index (χ4v) is 2.15. The van der Waals surface area contributed by atoms with Crippen LogP contribution in [0.5, 0.6) is 5.75 Å². The van der Waals surface area contributed by atoms with Crippen molar-refractivity contribution in [2.45, 2.75) is 25.1 Å². The highest BCUT2D eigenvalue weighted by Gasteiger charge is 2.34. The third kappa shape index (κ3) is 4.86. The first-order valence-electron chi connectivity index (χ1n) is 6.77. The lowest BCUT2D eigenvalue weighted by Gasteiger charge is -2.23. The molecule has 0 aliphatic carbocycles. The Morgan fingerprint density at radius 1 is 1.24 bits per heavy atom. The van der Waals surface area contributed by atoms with Crippen LogP contribution < -0.4 is 10.1 Å². The maximum Gasteiger partial charge on any atom is 0.419 e. The molecule has 1 fully saturated rings. The molecule has 3 nitrogen and oxygen atoms in total. The first-order chi connectivity index (χ1) is 9.97. The molecular formula is C14H17F4NO2. The molecule has 1 aromatic carbocycles. The summed E-state index contributed by atoms with van der Waals surface area (Å²) < 4.78 is 61.2. The lowest BCUT2D eigenvalue weighted by atomic mass is 10.1. The van der Waals surface area contributed by atoms with Gasteiger partial charge in [0.2, 0.25) is 0 Å². The Morgan fingerprint density at radius 2 is 1.95 bits per heavy atom. The second kappa shape index (κ2) is 7.09. The van der Waals surface area contributed by atoms with Crippen LogP contribution in [0.2, 0.25) is 0 Å². The van der Waals surface area contributed by atoms with Gasteiger partial charge in [-0.15, -0.1) is 0 Å². The van der Waals surface area contributed by atoms with Gasteiger partial charge in [-0.3, -0.25) is 0 Å². The summed E-state index contributed by atoms with van der Waals surface area (Å²) in [6, 6.07) is 2.99. The summed E-state index contributed by atoms with van der Waals surface area (Å²) in [5.74, 6) is -1.28. The van der Waals surface area contributed by atoms with Crippen LogP contribution in [-0.2, 0) is 10.9 Å². The van der Waals surface area contributed by atoms with Crippen molar-refractivity contribution in [3.8, 4) is 5.75 Å². The maximum absolute atomic E-state index is 13.1. The normalized spacial score (nSPS) is 17.0. The summed E-state index contributed by atoms with van der Waals surface area (Å²) in [7, 11) is 0. The molecule has 0 unspecified atom stereocenters. The van der Waals surface area contributed by atoms with Crippen molar-refractivity contribution in [2.75, 3.05) is 26.4 Å². The Morgan fingerprint density at radius 3 is 2.62 bits per heavy atom. The molecule has 0 spiro atoms. The quantitative estimate of drug-likeness (QED) is 0.670. The summed E-state index contributed by atoms with van der Waals surface area (Å²) >= 11 is 0. The summed E-state index contributed by atoms with van der Waals surface area (Å²) in [5.41, 5.74) is -1.31. The van der Waals surface area contributed by atoms with Gasteiger partial charge in [-0.25, -0.2) is 4.39 Å². The van der Waals surface area contributed by atoms with Gasteiger partial charge in [0.15, 0.2) is 0 Å². The number of rotatable bonds is 5. The van der Waals surface area contributed by atoms with Crippen molar-refractivity contribution in [3.05, 3.63) is 29.6 Å². The predicted octanol–water partition coefficient (Wildman–Crippen LogP) is 2.99. The Hall–Kier alpha value is -1.34. The van der Waals surface area contributed by atoms with Crippen LogP contribution in [-0.4, -0.2) is 32.4 Å². The molecule has 2 rings (SSSR count). The van der Waals surface area contributed by atoms with Crippen LogP contribution in [0.4, 0.5) is 17.6 Å². The lowest BCUT2D eigenvalue weighted by molar-refractivity contribution is -0.140. The van der Waals surface area contributed by atoms with Gasteiger partial charge in [0, 0.05) is 25.8 Å². The molecular weight excluding hydrogens is 290 g/mol. The topological polar surface area (TPSA) is 30.5 Å². The van der Waals surface area contributed by atoms with Gasteiger partial charge >= 0.3 is 6.18 Å². The average molecular weight is 307 g/mol. The van der Waals surface area contributed by atoms with Gasteiger partial charge in [0.25, 0.3) is 0 Å². The third-order valence-corrected chi connectivity index (χ3v) is 3.27. The van der Waals surface area contributed by atoms with Crippen LogP contribution >= 0.6 is 0 Å². The molecule has 0 radical (unpaired) electrons. The van der Waals surface area contributed by atoms with E-state index >= 15 is 0 Å². The largest absolute Gasteiger partial charge is 0.492 e. The van der Waals surface area contributed by atoms with Crippen LogP contribution in [0, 0.1) is 5.82 Å². The van der Waals surface area contributed by atoms with Gasteiger partial charge in [-0.2, -0.15) is 13.2 Å². The molecule has 1 N–H and O–H groups in total. The van der Waals surface area contributed by atoms with Crippen LogP contribution in [0.25, 0.3) is 0 Å². The van der Waals surface area contributed by atoms with Crippen LogP contribution in [0.1, 0.15) is 18.4 Å². The highest BCUT2D eigenvalue weighted by atomic mass is 19.4. The standard InChI is InChI=1S/C14H17F4NO2/c15-13-2-1-11(9-12(13)14(16,17)18)21-8-5-19-10-3-6-20-7-4-10/h1-2,9-10,19H,3-8H2. The predicted molar refractivity (Wildman–Crippen MR) is 68.7 cm³/mol. The monoisotopic (exact) mass is 307 g/mol. The highest BCUT2D eigenvalue weighted by Crippen LogP contribution is 2.33. The number of alkyl halides is 3. The maximum atomic E-state index is 13.1. The lowest BCUT2D eigenvalue weighted by Crippen LogP contribution is -2.37. The molecule has 7 heteroatoms. The summed E-state index contributed by atoms with van der Waals surface area (Å²) in [5, 5.41) is 3.25. The van der Waals surface area contributed by atoms with Crippen molar-refractivity contribution in [2.24, 2.45) is 0 Å².